The van der Waals surface area contributed by atoms with Crippen molar-refractivity contribution in [3.05, 3.63) is 22.8 Å². The molecule has 1 unspecified atom stereocenters. The van der Waals surface area contributed by atoms with Crippen LogP contribution in [0.15, 0.2) is 12.3 Å². The Morgan fingerprint density at radius 3 is 3.00 bits per heavy atom. The van der Waals surface area contributed by atoms with Crippen LogP contribution in [0.5, 0.6) is 0 Å². The van der Waals surface area contributed by atoms with Crippen LogP contribution in [-0.4, -0.2) is 28.8 Å². The SMILES string of the molecule is CC1(O)CCN(c2nccc(CN)c2Cl)C1. The molecule has 88 valence electrons. The van der Waals surface area contributed by atoms with Gasteiger partial charge in [0.15, 0.2) is 0 Å². The van der Waals surface area contributed by atoms with E-state index in [1.165, 1.54) is 0 Å². The molecule has 1 aliphatic heterocycles. The fourth-order valence-corrected chi connectivity index (χ4v) is 2.28. The lowest BCUT2D eigenvalue weighted by Gasteiger charge is -2.21. The molecule has 0 amide bonds. The highest BCUT2D eigenvalue weighted by molar-refractivity contribution is 6.33. The number of halogens is 1. The van der Waals surface area contributed by atoms with Gasteiger partial charge < -0.3 is 15.7 Å². The second-order valence-electron chi connectivity index (χ2n) is 4.48. The van der Waals surface area contributed by atoms with Crippen LogP contribution in [0.1, 0.15) is 18.9 Å². The molecule has 0 saturated carbocycles. The van der Waals surface area contributed by atoms with Crippen molar-refractivity contribution in [1.82, 2.24) is 4.98 Å². The summed E-state index contributed by atoms with van der Waals surface area (Å²) in [7, 11) is 0. The minimum Gasteiger partial charge on any atom is -0.388 e. The molecule has 1 saturated heterocycles. The predicted molar refractivity (Wildman–Crippen MR) is 64.6 cm³/mol. The van der Waals surface area contributed by atoms with Gasteiger partial charge in [-0.25, -0.2) is 4.98 Å². The van der Waals surface area contributed by atoms with Crippen molar-refractivity contribution in [2.75, 3.05) is 18.0 Å². The highest BCUT2D eigenvalue weighted by atomic mass is 35.5. The average Bonchev–Trinajstić information content (AvgIpc) is 2.59. The minimum atomic E-state index is -0.649. The van der Waals surface area contributed by atoms with Gasteiger partial charge in [0.05, 0.1) is 10.6 Å². The summed E-state index contributed by atoms with van der Waals surface area (Å²) >= 11 is 6.22. The Morgan fingerprint density at radius 2 is 2.44 bits per heavy atom. The van der Waals surface area contributed by atoms with E-state index in [0.29, 0.717) is 18.1 Å². The third-order valence-electron chi connectivity index (χ3n) is 2.92. The van der Waals surface area contributed by atoms with Crippen LogP contribution in [0, 0.1) is 0 Å². The summed E-state index contributed by atoms with van der Waals surface area (Å²) in [5.41, 5.74) is 5.83. The molecular formula is C11H16ClN3O. The summed E-state index contributed by atoms with van der Waals surface area (Å²) < 4.78 is 0. The van der Waals surface area contributed by atoms with E-state index in [1.807, 2.05) is 17.9 Å². The molecule has 1 aromatic heterocycles. The van der Waals surface area contributed by atoms with Crippen molar-refractivity contribution < 1.29 is 5.11 Å². The number of hydrogen-bond donors (Lipinski definition) is 2. The zero-order valence-corrected chi connectivity index (χ0v) is 10.0. The molecule has 3 N–H and O–H groups in total. The third kappa shape index (κ3) is 2.14. The van der Waals surface area contributed by atoms with Crippen molar-refractivity contribution in [1.29, 1.82) is 0 Å². The van der Waals surface area contributed by atoms with E-state index in [-0.39, 0.29) is 0 Å². The largest absolute Gasteiger partial charge is 0.388 e. The molecule has 2 heterocycles. The van der Waals surface area contributed by atoms with E-state index in [4.69, 9.17) is 17.3 Å². The lowest BCUT2D eigenvalue weighted by molar-refractivity contribution is 0.0839. The molecule has 0 spiro atoms. The van der Waals surface area contributed by atoms with E-state index in [0.717, 1.165) is 24.3 Å². The fourth-order valence-electron chi connectivity index (χ4n) is 1.98. The van der Waals surface area contributed by atoms with Crippen molar-refractivity contribution in [3.63, 3.8) is 0 Å². The number of rotatable bonds is 2. The first-order chi connectivity index (χ1) is 7.53. The number of anilines is 1. The maximum absolute atomic E-state index is 9.91. The van der Waals surface area contributed by atoms with E-state index < -0.39 is 5.60 Å². The topological polar surface area (TPSA) is 62.4 Å². The molecule has 4 nitrogen and oxygen atoms in total. The summed E-state index contributed by atoms with van der Waals surface area (Å²) in [6, 6.07) is 1.82. The number of hydrogen-bond acceptors (Lipinski definition) is 4. The first-order valence-corrected chi connectivity index (χ1v) is 5.72. The van der Waals surface area contributed by atoms with Gasteiger partial charge in [0.2, 0.25) is 0 Å². The van der Waals surface area contributed by atoms with E-state index >= 15 is 0 Å². The molecule has 16 heavy (non-hydrogen) atoms. The van der Waals surface area contributed by atoms with Crippen LogP contribution >= 0.6 is 11.6 Å². The summed E-state index contributed by atoms with van der Waals surface area (Å²) in [6.07, 6.45) is 2.44. The summed E-state index contributed by atoms with van der Waals surface area (Å²) in [5.74, 6) is 0.724. The zero-order chi connectivity index (χ0) is 11.8. The van der Waals surface area contributed by atoms with Crippen LogP contribution in [0.25, 0.3) is 0 Å². The summed E-state index contributed by atoms with van der Waals surface area (Å²) in [5, 5.41) is 10.5. The van der Waals surface area contributed by atoms with Gasteiger partial charge in [-0.15, -0.1) is 0 Å². The maximum Gasteiger partial charge on any atom is 0.147 e. The molecule has 1 fully saturated rings. The summed E-state index contributed by atoms with van der Waals surface area (Å²) in [6.45, 7) is 3.56. The average molecular weight is 242 g/mol. The first kappa shape index (κ1) is 11.6. The lowest BCUT2D eigenvalue weighted by atomic mass is 10.1. The number of pyridine rings is 1. The van der Waals surface area contributed by atoms with Gasteiger partial charge in [0.1, 0.15) is 5.82 Å². The Kier molecular flexibility index (Phi) is 3.06. The molecule has 2 rings (SSSR count). The third-order valence-corrected chi connectivity index (χ3v) is 3.33. The van der Waals surface area contributed by atoms with E-state index in [9.17, 15) is 5.11 Å². The highest BCUT2D eigenvalue weighted by Gasteiger charge is 2.33. The fraction of sp³-hybridized carbons (Fsp3) is 0.545. The quantitative estimate of drug-likeness (QED) is 0.816. The summed E-state index contributed by atoms with van der Waals surface area (Å²) in [4.78, 5) is 6.26. The van der Waals surface area contributed by atoms with Crippen LogP contribution < -0.4 is 10.6 Å². The molecule has 1 aromatic rings. The molecule has 0 aromatic carbocycles. The van der Waals surface area contributed by atoms with Crippen LogP contribution in [0.2, 0.25) is 5.02 Å². The first-order valence-electron chi connectivity index (χ1n) is 5.34. The number of aliphatic hydroxyl groups is 1. The van der Waals surface area contributed by atoms with E-state index in [2.05, 4.69) is 4.98 Å². The number of aromatic nitrogens is 1. The lowest BCUT2D eigenvalue weighted by Crippen LogP contribution is -2.30. The highest BCUT2D eigenvalue weighted by Crippen LogP contribution is 2.31. The maximum atomic E-state index is 9.91. The zero-order valence-electron chi connectivity index (χ0n) is 9.28. The van der Waals surface area contributed by atoms with Crippen molar-refractivity contribution in [3.8, 4) is 0 Å². The van der Waals surface area contributed by atoms with Gasteiger partial charge >= 0.3 is 0 Å². The molecule has 1 atom stereocenters. The Bertz CT molecular complexity index is 395. The van der Waals surface area contributed by atoms with Crippen molar-refractivity contribution >= 4 is 17.4 Å². The molecular weight excluding hydrogens is 226 g/mol. The van der Waals surface area contributed by atoms with Gasteiger partial charge in [-0.1, -0.05) is 11.6 Å². The van der Waals surface area contributed by atoms with Crippen LogP contribution in [0.4, 0.5) is 5.82 Å². The second kappa shape index (κ2) is 4.20. The second-order valence-corrected chi connectivity index (χ2v) is 4.86. The molecule has 0 aliphatic carbocycles. The smallest absolute Gasteiger partial charge is 0.147 e. The normalized spacial score (nSPS) is 25.1. The minimum absolute atomic E-state index is 0.401. The van der Waals surface area contributed by atoms with Gasteiger partial charge in [-0.2, -0.15) is 0 Å². The standard InChI is InChI=1S/C11H16ClN3O/c1-11(16)3-5-15(7-11)10-9(12)8(6-13)2-4-14-10/h2,4,16H,3,5-7,13H2,1H3. The van der Waals surface area contributed by atoms with Crippen molar-refractivity contribution in [2.24, 2.45) is 5.73 Å². The Balaban J connectivity index is 2.28. The Morgan fingerprint density at radius 1 is 1.69 bits per heavy atom. The number of nitrogens with zero attached hydrogens (tertiary/aromatic N) is 2. The molecule has 1 aliphatic rings. The number of nitrogens with two attached hydrogens (primary N) is 1. The van der Waals surface area contributed by atoms with Gasteiger partial charge in [0, 0.05) is 25.8 Å². The van der Waals surface area contributed by atoms with Gasteiger partial charge in [-0.05, 0) is 25.0 Å². The van der Waals surface area contributed by atoms with E-state index in [1.54, 1.807) is 6.20 Å². The molecule has 5 heteroatoms. The van der Waals surface area contributed by atoms with Crippen LogP contribution in [0.3, 0.4) is 0 Å². The van der Waals surface area contributed by atoms with Gasteiger partial charge in [-0.3, -0.25) is 0 Å². The number of β-amino-alcohol motifs (C(OH)–C–C–N with tert-alkyl or cyclic N) is 1. The van der Waals surface area contributed by atoms with Crippen LogP contribution in [-0.2, 0) is 6.54 Å². The van der Waals surface area contributed by atoms with Gasteiger partial charge in [0.25, 0.3) is 0 Å². The Labute approximate surface area is 100 Å². The molecule has 0 bridgehead atoms. The van der Waals surface area contributed by atoms with Crippen molar-refractivity contribution in [2.45, 2.75) is 25.5 Å². The molecule has 0 radical (unpaired) electrons. The Hall–Kier alpha value is -0.840. The monoisotopic (exact) mass is 241 g/mol. The predicted octanol–water partition coefficient (Wildman–Crippen LogP) is 1.15.